The minimum absolute atomic E-state index is 0.419. The lowest BCUT2D eigenvalue weighted by Crippen LogP contribution is -2.37. The third kappa shape index (κ3) is 1.12. The van der Waals surface area contributed by atoms with E-state index in [1.165, 1.54) is 11.3 Å². The van der Waals surface area contributed by atoms with E-state index in [0.29, 0.717) is 6.04 Å². The highest BCUT2D eigenvalue weighted by Gasteiger charge is 2.30. The van der Waals surface area contributed by atoms with E-state index in [9.17, 15) is 0 Å². The third-order valence-corrected chi connectivity index (χ3v) is 2.55. The number of nitrogens with zero attached hydrogens (tertiary/aromatic N) is 1. The molecule has 0 amide bonds. The summed E-state index contributed by atoms with van der Waals surface area (Å²) < 4.78 is 5.13. The predicted molar refractivity (Wildman–Crippen MR) is 46.5 cm³/mol. The minimum atomic E-state index is 0.419. The van der Waals surface area contributed by atoms with Crippen LogP contribution in [-0.4, -0.2) is 44.9 Å². The van der Waals surface area contributed by atoms with Gasteiger partial charge in [-0.1, -0.05) is 0 Å². The first-order valence-electron chi connectivity index (χ1n) is 4.24. The number of hydrogen-bond acceptors (Lipinski definition) is 4. The highest BCUT2D eigenvalue weighted by atomic mass is 16.5. The number of likely N-dealkylation sites (N-methyl/N-ethyl adjacent to an activating group) is 1. The zero-order valence-electron chi connectivity index (χ0n) is 7.55. The van der Waals surface area contributed by atoms with Gasteiger partial charge in [0.15, 0.2) is 0 Å². The largest absolute Gasteiger partial charge is 0.383 e. The fraction of sp³-hybridized carbons (Fsp3) is 0.750. The summed E-state index contributed by atoms with van der Waals surface area (Å²) in [5, 5.41) is 5.50. The van der Waals surface area contributed by atoms with E-state index in [0.717, 1.165) is 19.7 Å². The second-order valence-corrected chi connectivity index (χ2v) is 3.25. The Morgan fingerprint density at radius 3 is 3.17 bits per heavy atom. The summed E-state index contributed by atoms with van der Waals surface area (Å²) in [5.74, 6) is 0. The van der Waals surface area contributed by atoms with Crippen LogP contribution in [0.25, 0.3) is 0 Å². The quantitative estimate of drug-likeness (QED) is 0.573. The van der Waals surface area contributed by atoms with Crippen molar-refractivity contribution in [2.24, 2.45) is 0 Å². The molecule has 0 aromatic heterocycles. The molecular weight excluding hydrogens is 154 g/mol. The number of nitrogens with one attached hydrogen (secondary N) is 2. The molecule has 0 aliphatic carbocycles. The Labute approximate surface area is 72.5 Å². The first kappa shape index (κ1) is 8.04. The van der Waals surface area contributed by atoms with Gasteiger partial charge < -0.3 is 15.1 Å². The Morgan fingerprint density at radius 1 is 1.58 bits per heavy atom. The molecular formula is C8H15N3O. The van der Waals surface area contributed by atoms with Crippen molar-refractivity contribution in [3.63, 3.8) is 0 Å². The van der Waals surface area contributed by atoms with Crippen LogP contribution in [-0.2, 0) is 4.74 Å². The van der Waals surface area contributed by atoms with Crippen molar-refractivity contribution in [1.82, 2.24) is 15.8 Å². The van der Waals surface area contributed by atoms with Gasteiger partial charge in [-0.3, -0.25) is 0 Å². The average Bonchev–Trinajstić information content (AvgIpc) is 2.58. The zero-order chi connectivity index (χ0) is 8.55. The fourth-order valence-electron chi connectivity index (χ4n) is 1.84. The van der Waals surface area contributed by atoms with Crippen molar-refractivity contribution >= 4 is 0 Å². The van der Waals surface area contributed by atoms with Crippen LogP contribution >= 0.6 is 0 Å². The molecule has 4 nitrogen and oxygen atoms in total. The van der Waals surface area contributed by atoms with Crippen LogP contribution in [0, 0.1) is 0 Å². The molecule has 12 heavy (non-hydrogen) atoms. The Balaban J connectivity index is 2.08. The van der Waals surface area contributed by atoms with Crippen molar-refractivity contribution in [2.75, 3.05) is 33.9 Å². The molecule has 2 N–H and O–H groups in total. The van der Waals surface area contributed by atoms with Gasteiger partial charge in [0.2, 0.25) is 0 Å². The Hall–Kier alpha value is -0.580. The first-order valence-corrected chi connectivity index (χ1v) is 4.24. The van der Waals surface area contributed by atoms with Crippen LogP contribution in [0.1, 0.15) is 0 Å². The highest BCUT2D eigenvalue weighted by Crippen LogP contribution is 2.21. The molecule has 0 radical (unpaired) electrons. The second kappa shape index (κ2) is 3.05. The third-order valence-electron chi connectivity index (χ3n) is 2.55. The molecule has 0 spiro atoms. The Morgan fingerprint density at radius 2 is 2.42 bits per heavy atom. The van der Waals surface area contributed by atoms with Crippen LogP contribution in [0.15, 0.2) is 11.3 Å². The van der Waals surface area contributed by atoms with Gasteiger partial charge in [-0.25, -0.2) is 5.43 Å². The molecule has 0 aromatic carbocycles. The lowest BCUT2D eigenvalue weighted by atomic mass is 10.1. The molecule has 2 aliphatic rings. The monoisotopic (exact) mass is 169 g/mol. The van der Waals surface area contributed by atoms with Gasteiger partial charge in [0, 0.05) is 32.9 Å². The highest BCUT2D eigenvalue weighted by molar-refractivity contribution is 5.30. The van der Waals surface area contributed by atoms with E-state index < -0.39 is 0 Å². The minimum Gasteiger partial charge on any atom is -0.383 e. The topological polar surface area (TPSA) is 36.5 Å². The van der Waals surface area contributed by atoms with Crippen LogP contribution in [0.5, 0.6) is 0 Å². The molecule has 4 heteroatoms. The fourth-order valence-corrected chi connectivity index (χ4v) is 1.84. The van der Waals surface area contributed by atoms with Gasteiger partial charge >= 0.3 is 0 Å². The summed E-state index contributed by atoms with van der Waals surface area (Å²) in [6, 6.07) is 0.419. The van der Waals surface area contributed by atoms with Gasteiger partial charge in [0.1, 0.15) is 0 Å². The molecule has 0 bridgehead atoms. The van der Waals surface area contributed by atoms with Crippen molar-refractivity contribution in [2.45, 2.75) is 6.04 Å². The maximum atomic E-state index is 5.13. The molecule has 0 saturated carbocycles. The molecule has 0 fully saturated rings. The number of hydrogen-bond donors (Lipinski definition) is 2. The summed E-state index contributed by atoms with van der Waals surface area (Å²) in [7, 11) is 3.80. The van der Waals surface area contributed by atoms with E-state index in [1.54, 1.807) is 7.11 Å². The Kier molecular flexibility index (Phi) is 2.04. The van der Waals surface area contributed by atoms with Crippen LogP contribution < -0.4 is 10.7 Å². The summed E-state index contributed by atoms with van der Waals surface area (Å²) in [6.07, 6.45) is 0. The number of rotatable bonds is 2. The molecule has 1 atom stereocenters. The lowest BCUT2D eigenvalue weighted by Gasteiger charge is -2.16. The molecule has 2 rings (SSSR count). The molecule has 0 aromatic rings. The van der Waals surface area contributed by atoms with Crippen molar-refractivity contribution < 1.29 is 4.74 Å². The van der Waals surface area contributed by atoms with Gasteiger partial charge in [0.05, 0.1) is 12.6 Å². The predicted octanol–water partition coefficient (Wildman–Crippen LogP) is -0.691. The van der Waals surface area contributed by atoms with Gasteiger partial charge in [-0.15, -0.1) is 0 Å². The lowest BCUT2D eigenvalue weighted by molar-refractivity contribution is 0.179. The maximum absolute atomic E-state index is 5.13. The average molecular weight is 169 g/mol. The van der Waals surface area contributed by atoms with Crippen molar-refractivity contribution in [3.05, 3.63) is 11.3 Å². The number of hydrazine groups is 1. The van der Waals surface area contributed by atoms with E-state index in [2.05, 4.69) is 22.8 Å². The van der Waals surface area contributed by atoms with Crippen molar-refractivity contribution in [3.8, 4) is 0 Å². The smallest absolute Gasteiger partial charge is 0.0655 e. The van der Waals surface area contributed by atoms with Crippen LogP contribution in [0.2, 0.25) is 0 Å². The van der Waals surface area contributed by atoms with E-state index in [1.807, 2.05) is 0 Å². The van der Waals surface area contributed by atoms with E-state index in [-0.39, 0.29) is 0 Å². The number of ether oxygens (including phenoxy) is 1. The molecule has 2 heterocycles. The van der Waals surface area contributed by atoms with Crippen LogP contribution in [0.4, 0.5) is 0 Å². The second-order valence-electron chi connectivity index (χ2n) is 3.25. The van der Waals surface area contributed by atoms with Crippen LogP contribution in [0.3, 0.4) is 0 Å². The zero-order valence-corrected chi connectivity index (χ0v) is 7.55. The summed E-state index contributed by atoms with van der Waals surface area (Å²) in [4.78, 5) is 0. The van der Waals surface area contributed by atoms with E-state index >= 15 is 0 Å². The van der Waals surface area contributed by atoms with Gasteiger partial charge in [0.25, 0.3) is 0 Å². The summed E-state index contributed by atoms with van der Waals surface area (Å²) >= 11 is 0. The number of methoxy groups -OCH3 is 1. The Bertz CT molecular complexity index is 214. The van der Waals surface area contributed by atoms with Gasteiger partial charge in [-0.2, -0.15) is 0 Å². The standard InChI is InChI=1S/C8H15N3O/c1-11-8-4-9-7(5-12-2)6(8)3-10-11/h7,9-10H,3-5H2,1-2H3. The van der Waals surface area contributed by atoms with Crippen molar-refractivity contribution in [1.29, 1.82) is 0 Å². The molecule has 0 saturated heterocycles. The summed E-state index contributed by atoms with van der Waals surface area (Å²) in [5.41, 5.74) is 6.12. The van der Waals surface area contributed by atoms with Gasteiger partial charge in [-0.05, 0) is 5.57 Å². The normalized spacial score (nSPS) is 28.5. The van der Waals surface area contributed by atoms with E-state index in [4.69, 9.17) is 4.74 Å². The first-order chi connectivity index (χ1) is 5.83. The maximum Gasteiger partial charge on any atom is 0.0655 e. The molecule has 1 unspecified atom stereocenters. The molecule has 68 valence electrons. The molecule has 2 aliphatic heterocycles. The SMILES string of the molecule is COCC1NCC2=C1CNN2C. The summed E-state index contributed by atoms with van der Waals surface area (Å²) in [6.45, 7) is 2.70.